The topological polar surface area (TPSA) is 73.0 Å². The number of hydrogen-bond donors (Lipinski definition) is 0. The Hall–Kier alpha value is -2.96. The van der Waals surface area contributed by atoms with Crippen LogP contribution in [0.2, 0.25) is 0 Å². The van der Waals surface area contributed by atoms with E-state index in [0.29, 0.717) is 24.3 Å². The molecule has 7 heteroatoms. The number of carbonyl (C=O) groups excluding carboxylic acids is 1. The highest BCUT2D eigenvalue weighted by Crippen LogP contribution is 2.24. The Kier molecular flexibility index (Phi) is 3.83. The monoisotopic (exact) mass is 337 g/mol. The normalized spacial score (nSPS) is 17.8. The smallest absolute Gasteiger partial charge is 0.330 e. The van der Waals surface area contributed by atoms with Crippen molar-refractivity contribution in [1.82, 2.24) is 24.0 Å². The van der Waals surface area contributed by atoms with Crippen LogP contribution in [0.25, 0.3) is 11.2 Å². The molecule has 0 spiro atoms. The summed E-state index contributed by atoms with van der Waals surface area (Å²) in [4.78, 5) is 35.6. The van der Waals surface area contributed by atoms with Crippen molar-refractivity contribution in [1.29, 1.82) is 0 Å². The van der Waals surface area contributed by atoms with E-state index in [1.54, 1.807) is 51.8 Å². The van der Waals surface area contributed by atoms with Crippen molar-refractivity contribution in [2.75, 3.05) is 13.1 Å². The zero-order valence-corrected chi connectivity index (χ0v) is 14.0. The van der Waals surface area contributed by atoms with E-state index in [-0.39, 0.29) is 17.6 Å². The molecule has 0 saturated carbocycles. The predicted molar refractivity (Wildman–Crippen MR) is 93.4 cm³/mol. The molecule has 1 amide bonds. The fourth-order valence-corrected chi connectivity index (χ4v) is 3.54. The van der Waals surface area contributed by atoms with Gasteiger partial charge in [0.05, 0.1) is 17.1 Å². The van der Waals surface area contributed by atoms with Gasteiger partial charge in [-0.05, 0) is 37.1 Å². The molecule has 1 atom stereocenters. The maximum atomic E-state index is 12.7. The third-order valence-electron chi connectivity index (χ3n) is 4.81. The number of nitrogens with zero attached hydrogens (tertiary/aromatic N) is 5. The molecule has 25 heavy (non-hydrogen) atoms. The lowest BCUT2D eigenvalue weighted by molar-refractivity contribution is 0.0678. The average molecular weight is 337 g/mol. The van der Waals surface area contributed by atoms with Crippen molar-refractivity contribution >= 4 is 17.1 Å². The van der Waals surface area contributed by atoms with E-state index in [1.807, 2.05) is 12.1 Å². The summed E-state index contributed by atoms with van der Waals surface area (Å²) in [5.41, 5.74) is 1.97. The Morgan fingerprint density at radius 3 is 2.88 bits per heavy atom. The highest BCUT2D eigenvalue weighted by atomic mass is 16.2. The number of hydrogen-bond acceptors (Lipinski definition) is 4. The van der Waals surface area contributed by atoms with E-state index in [4.69, 9.17) is 0 Å². The van der Waals surface area contributed by atoms with Crippen LogP contribution < -0.4 is 5.69 Å². The standard InChI is InChI=1S/C18H19N5O2/c1-21-15-7-3-9-20-16(15)23(18(21)25)14-6-4-10-22(12-14)17(24)13-5-2-8-19-11-13/h2-3,5,7-9,11,14H,4,6,10,12H2,1H3/t14-/m0/s1. The molecule has 0 unspecified atom stereocenters. The molecule has 3 aromatic rings. The highest BCUT2D eigenvalue weighted by Gasteiger charge is 2.28. The number of aromatic nitrogens is 4. The molecule has 4 heterocycles. The van der Waals surface area contributed by atoms with Crippen LogP contribution >= 0.6 is 0 Å². The lowest BCUT2D eigenvalue weighted by Gasteiger charge is -2.33. The number of rotatable bonds is 2. The number of likely N-dealkylation sites (tertiary alicyclic amines) is 1. The number of imidazole rings is 1. The molecule has 128 valence electrons. The summed E-state index contributed by atoms with van der Waals surface area (Å²) in [5.74, 6) is -0.0426. The minimum atomic E-state index is -0.0885. The summed E-state index contributed by atoms with van der Waals surface area (Å²) >= 11 is 0. The van der Waals surface area contributed by atoms with Gasteiger partial charge in [0.25, 0.3) is 5.91 Å². The van der Waals surface area contributed by atoms with Gasteiger partial charge in [-0.3, -0.25) is 18.9 Å². The molecule has 4 rings (SSSR count). The van der Waals surface area contributed by atoms with E-state index in [2.05, 4.69) is 9.97 Å². The van der Waals surface area contributed by atoms with Gasteiger partial charge in [0.2, 0.25) is 0 Å². The van der Waals surface area contributed by atoms with Gasteiger partial charge >= 0.3 is 5.69 Å². The van der Waals surface area contributed by atoms with Gasteiger partial charge in [0.1, 0.15) is 0 Å². The van der Waals surface area contributed by atoms with Crippen LogP contribution in [0.3, 0.4) is 0 Å². The molecule has 0 aliphatic carbocycles. The first-order valence-electron chi connectivity index (χ1n) is 8.38. The summed E-state index contributed by atoms with van der Waals surface area (Å²) in [5, 5.41) is 0. The van der Waals surface area contributed by atoms with Gasteiger partial charge in [-0.1, -0.05) is 0 Å². The molecule has 0 bridgehead atoms. The second kappa shape index (κ2) is 6.16. The largest absolute Gasteiger partial charge is 0.337 e. The summed E-state index contributed by atoms with van der Waals surface area (Å²) < 4.78 is 3.35. The van der Waals surface area contributed by atoms with Crippen molar-refractivity contribution in [3.63, 3.8) is 0 Å². The third kappa shape index (κ3) is 2.61. The van der Waals surface area contributed by atoms with E-state index >= 15 is 0 Å². The van der Waals surface area contributed by atoms with Crippen LogP contribution in [0.1, 0.15) is 29.2 Å². The SMILES string of the molecule is Cn1c(=O)n([C@H]2CCCN(C(=O)c3cccnc3)C2)c2ncccc21. The van der Waals surface area contributed by atoms with Crippen LogP contribution in [0.15, 0.2) is 47.7 Å². The van der Waals surface area contributed by atoms with Crippen LogP contribution in [0.4, 0.5) is 0 Å². The number of pyridine rings is 2. The molecule has 3 aromatic heterocycles. The van der Waals surface area contributed by atoms with Crippen molar-refractivity contribution in [2.45, 2.75) is 18.9 Å². The highest BCUT2D eigenvalue weighted by molar-refractivity contribution is 5.94. The Morgan fingerprint density at radius 1 is 1.24 bits per heavy atom. The lowest BCUT2D eigenvalue weighted by Crippen LogP contribution is -2.43. The van der Waals surface area contributed by atoms with Gasteiger partial charge in [0.15, 0.2) is 5.65 Å². The van der Waals surface area contributed by atoms with Gasteiger partial charge in [-0.2, -0.15) is 0 Å². The van der Waals surface area contributed by atoms with E-state index in [9.17, 15) is 9.59 Å². The first kappa shape index (κ1) is 15.6. The Bertz CT molecular complexity index is 976. The number of amides is 1. The van der Waals surface area contributed by atoms with E-state index in [1.165, 1.54) is 0 Å². The Morgan fingerprint density at radius 2 is 2.08 bits per heavy atom. The number of aryl methyl sites for hydroxylation is 1. The summed E-state index contributed by atoms with van der Waals surface area (Å²) in [6.07, 6.45) is 6.63. The Labute approximate surface area is 144 Å². The maximum absolute atomic E-state index is 12.7. The second-order valence-corrected chi connectivity index (χ2v) is 6.35. The molecule has 1 aliphatic heterocycles. The molecular weight excluding hydrogens is 318 g/mol. The first-order valence-corrected chi connectivity index (χ1v) is 8.38. The van der Waals surface area contributed by atoms with Crippen LogP contribution in [-0.4, -0.2) is 43.0 Å². The second-order valence-electron chi connectivity index (χ2n) is 6.35. The molecular formula is C18H19N5O2. The molecule has 1 aliphatic rings. The molecule has 0 N–H and O–H groups in total. The Balaban J connectivity index is 1.68. The number of piperidine rings is 1. The third-order valence-corrected chi connectivity index (χ3v) is 4.81. The minimum absolute atomic E-state index is 0.0426. The first-order chi connectivity index (χ1) is 12.2. The molecule has 0 radical (unpaired) electrons. The molecule has 7 nitrogen and oxygen atoms in total. The van der Waals surface area contributed by atoms with Gasteiger partial charge in [-0.15, -0.1) is 0 Å². The van der Waals surface area contributed by atoms with Gasteiger partial charge in [0, 0.05) is 38.7 Å². The van der Waals surface area contributed by atoms with Crippen LogP contribution in [-0.2, 0) is 7.05 Å². The zero-order chi connectivity index (χ0) is 17.4. The van der Waals surface area contributed by atoms with E-state index in [0.717, 1.165) is 18.4 Å². The van der Waals surface area contributed by atoms with Gasteiger partial charge in [-0.25, -0.2) is 9.78 Å². The van der Waals surface area contributed by atoms with Crippen LogP contribution in [0.5, 0.6) is 0 Å². The quantitative estimate of drug-likeness (QED) is 0.712. The van der Waals surface area contributed by atoms with Gasteiger partial charge < -0.3 is 4.90 Å². The van der Waals surface area contributed by atoms with E-state index < -0.39 is 0 Å². The molecule has 0 aromatic carbocycles. The fraction of sp³-hybridized carbons (Fsp3) is 0.333. The predicted octanol–water partition coefficient (Wildman–Crippen LogP) is 1.61. The average Bonchev–Trinajstić information content (AvgIpc) is 2.93. The van der Waals surface area contributed by atoms with Crippen molar-refractivity contribution in [3.8, 4) is 0 Å². The van der Waals surface area contributed by atoms with Crippen molar-refractivity contribution < 1.29 is 4.79 Å². The lowest BCUT2D eigenvalue weighted by atomic mass is 10.0. The summed E-state index contributed by atoms with van der Waals surface area (Å²) in [6, 6.07) is 7.17. The van der Waals surface area contributed by atoms with Crippen LogP contribution in [0, 0.1) is 0 Å². The number of fused-ring (bicyclic) bond motifs is 1. The minimum Gasteiger partial charge on any atom is -0.337 e. The molecule has 1 fully saturated rings. The molecule has 1 saturated heterocycles. The zero-order valence-electron chi connectivity index (χ0n) is 14.0. The maximum Gasteiger partial charge on any atom is 0.330 e. The summed E-state index contributed by atoms with van der Waals surface area (Å²) in [6.45, 7) is 1.19. The summed E-state index contributed by atoms with van der Waals surface area (Å²) in [7, 11) is 1.75. The van der Waals surface area contributed by atoms with Crippen molar-refractivity contribution in [2.24, 2.45) is 7.05 Å². The number of carbonyl (C=O) groups is 1. The van der Waals surface area contributed by atoms with Crippen molar-refractivity contribution in [3.05, 3.63) is 58.9 Å². The fourth-order valence-electron chi connectivity index (χ4n) is 3.54.